The van der Waals surface area contributed by atoms with Crippen LogP contribution in [0.25, 0.3) is 0 Å². The topological polar surface area (TPSA) is 43.4 Å². The van der Waals surface area contributed by atoms with Gasteiger partial charge in [0.2, 0.25) is 0 Å². The standard InChI is InChI=1S/C27H36O3/c1-16(28)21-8-9-22-19-7-6-18-14-17(20-15-25(2,3)30-24(20)29)10-12-26(18,4)23(19)11-13-27(21,22)5/h6,14-15,19,21-23H,7-13H2,1-5H3/t19-,21?,22-,23-,26-,27+/m0/s1. The van der Waals surface area contributed by atoms with Crippen LogP contribution in [0.2, 0.25) is 0 Å². The number of cyclic esters (lactones) is 1. The van der Waals surface area contributed by atoms with E-state index in [1.165, 1.54) is 24.8 Å². The highest BCUT2D eigenvalue weighted by atomic mass is 16.6. The number of Topliss-reactive ketones (excluding diaryl/α,β-unsaturated/α-hetero) is 1. The molecule has 0 aromatic rings. The molecule has 2 fully saturated rings. The van der Waals surface area contributed by atoms with Gasteiger partial charge >= 0.3 is 5.97 Å². The smallest absolute Gasteiger partial charge is 0.339 e. The monoisotopic (exact) mass is 408 g/mol. The van der Waals surface area contributed by atoms with Crippen LogP contribution < -0.4 is 0 Å². The highest BCUT2D eigenvalue weighted by Crippen LogP contribution is 2.66. The first-order valence-electron chi connectivity index (χ1n) is 11.9. The summed E-state index contributed by atoms with van der Waals surface area (Å²) in [5.41, 5.74) is 3.28. The number of rotatable bonds is 2. The molecule has 2 saturated carbocycles. The number of hydrogen-bond donors (Lipinski definition) is 0. The van der Waals surface area contributed by atoms with Crippen molar-refractivity contribution < 1.29 is 14.3 Å². The molecule has 6 atom stereocenters. The number of allylic oxidation sites excluding steroid dienone is 3. The molecule has 1 unspecified atom stereocenters. The van der Waals surface area contributed by atoms with Crippen LogP contribution in [-0.2, 0) is 14.3 Å². The molecule has 4 aliphatic carbocycles. The molecular formula is C27H36O3. The van der Waals surface area contributed by atoms with E-state index in [9.17, 15) is 9.59 Å². The first kappa shape index (κ1) is 20.3. The Balaban J connectivity index is 1.46. The number of carbonyl (C=O) groups is 2. The second kappa shape index (κ2) is 6.43. The van der Waals surface area contributed by atoms with E-state index in [1.807, 2.05) is 26.8 Å². The molecule has 0 radical (unpaired) electrons. The second-order valence-electron chi connectivity index (χ2n) is 11.7. The van der Waals surface area contributed by atoms with Crippen molar-refractivity contribution in [1.82, 2.24) is 0 Å². The lowest BCUT2D eigenvalue weighted by Gasteiger charge is -2.57. The van der Waals surface area contributed by atoms with Crippen molar-refractivity contribution in [2.75, 3.05) is 0 Å². The Labute approximate surface area is 181 Å². The fourth-order valence-electron chi connectivity index (χ4n) is 8.16. The summed E-state index contributed by atoms with van der Waals surface area (Å²) in [6.45, 7) is 10.6. The van der Waals surface area contributed by atoms with Gasteiger partial charge in [0, 0.05) is 5.92 Å². The molecule has 5 aliphatic rings. The first-order valence-corrected chi connectivity index (χ1v) is 11.9. The maximum atomic E-state index is 12.4. The summed E-state index contributed by atoms with van der Waals surface area (Å²) in [6, 6.07) is 0. The Morgan fingerprint density at radius 3 is 2.50 bits per heavy atom. The van der Waals surface area contributed by atoms with Crippen molar-refractivity contribution >= 4 is 11.8 Å². The quantitative estimate of drug-likeness (QED) is 0.530. The molecule has 0 spiro atoms. The van der Waals surface area contributed by atoms with Crippen molar-refractivity contribution in [3.63, 3.8) is 0 Å². The van der Waals surface area contributed by atoms with Crippen LogP contribution in [0.15, 0.2) is 34.9 Å². The Hall–Kier alpha value is -1.64. The van der Waals surface area contributed by atoms with Gasteiger partial charge in [-0.25, -0.2) is 4.79 Å². The summed E-state index contributed by atoms with van der Waals surface area (Å²) in [7, 11) is 0. The zero-order chi connectivity index (χ0) is 21.5. The van der Waals surface area contributed by atoms with Gasteiger partial charge in [-0.05, 0) is 112 Å². The maximum absolute atomic E-state index is 12.4. The third-order valence-corrected chi connectivity index (χ3v) is 9.67. The van der Waals surface area contributed by atoms with Gasteiger partial charge in [0.05, 0.1) is 5.57 Å². The Morgan fingerprint density at radius 1 is 1.07 bits per heavy atom. The number of carbonyl (C=O) groups excluding carboxylic acids is 2. The zero-order valence-electron chi connectivity index (χ0n) is 19.2. The van der Waals surface area contributed by atoms with Crippen LogP contribution in [0.3, 0.4) is 0 Å². The van der Waals surface area contributed by atoms with Crippen molar-refractivity contribution in [1.29, 1.82) is 0 Å². The van der Waals surface area contributed by atoms with Crippen molar-refractivity contribution in [2.24, 2.45) is 34.5 Å². The van der Waals surface area contributed by atoms with Gasteiger partial charge in [0.15, 0.2) is 0 Å². The predicted octanol–water partition coefficient (Wildman–Crippen LogP) is 5.95. The lowest BCUT2D eigenvalue weighted by atomic mass is 9.47. The molecule has 0 bridgehead atoms. The van der Waals surface area contributed by atoms with E-state index >= 15 is 0 Å². The molecule has 1 aliphatic heterocycles. The van der Waals surface area contributed by atoms with E-state index in [-0.39, 0.29) is 22.7 Å². The third-order valence-electron chi connectivity index (χ3n) is 9.67. The molecule has 0 aromatic heterocycles. The van der Waals surface area contributed by atoms with Crippen molar-refractivity contribution in [3.8, 4) is 0 Å². The average molecular weight is 409 g/mol. The Bertz CT molecular complexity index is 903. The molecular weight excluding hydrogens is 372 g/mol. The molecule has 3 nitrogen and oxygen atoms in total. The minimum Gasteiger partial charge on any atom is -0.452 e. The Kier molecular flexibility index (Phi) is 4.35. The van der Waals surface area contributed by atoms with Gasteiger partial charge in [0.25, 0.3) is 0 Å². The van der Waals surface area contributed by atoms with E-state index < -0.39 is 5.60 Å². The van der Waals surface area contributed by atoms with E-state index in [0.717, 1.165) is 36.8 Å². The average Bonchev–Trinajstić information content (AvgIpc) is 3.16. The maximum Gasteiger partial charge on any atom is 0.339 e. The summed E-state index contributed by atoms with van der Waals surface area (Å²) in [5, 5.41) is 0. The van der Waals surface area contributed by atoms with Gasteiger partial charge in [-0.15, -0.1) is 0 Å². The molecule has 5 rings (SSSR count). The molecule has 1 heterocycles. The van der Waals surface area contributed by atoms with E-state index in [4.69, 9.17) is 4.74 Å². The molecule has 3 heteroatoms. The van der Waals surface area contributed by atoms with E-state index in [0.29, 0.717) is 23.5 Å². The van der Waals surface area contributed by atoms with Crippen LogP contribution in [0.1, 0.15) is 79.6 Å². The normalized spacial score (nSPS) is 44.2. The summed E-state index contributed by atoms with van der Waals surface area (Å²) >= 11 is 0. The summed E-state index contributed by atoms with van der Waals surface area (Å²) in [6.07, 6.45) is 14.7. The van der Waals surface area contributed by atoms with Gasteiger partial charge in [-0.1, -0.05) is 26.0 Å². The molecule has 162 valence electrons. The van der Waals surface area contributed by atoms with Crippen LogP contribution in [0, 0.1) is 34.5 Å². The predicted molar refractivity (Wildman–Crippen MR) is 118 cm³/mol. The molecule has 0 aromatic carbocycles. The number of hydrogen-bond acceptors (Lipinski definition) is 3. The summed E-state index contributed by atoms with van der Waals surface area (Å²) in [5.74, 6) is 2.58. The van der Waals surface area contributed by atoms with Gasteiger partial charge in [-0.2, -0.15) is 0 Å². The minimum atomic E-state index is -0.496. The lowest BCUT2D eigenvalue weighted by molar-refractivity contribution is -0.144. The number of ketones is 1. The lowest BCUT2D eigenvalue weighted by Crippen LogP contribution is -2.49. The van der Waals surface area contributed by atoms with Crippen LogP contribution in [-0.4, -0.2) is 17.4 Å². The summed E-state index contributed by atoms with van der Waals surface area (Å²) < 4.78 is 5.53. The third kappa shape index (κ3) is 2.76. The minimum absolute atomic E-state index is 0.168. The fraction of sp³-hybridized carbons (Fsp3) is 0.704. The van der Waals surface area contributed by atoms with Crippen LogP contribution in [0.4, 0.5) is 0 Å². The van der Waals surface area contributed by atoms with Crippen molar-refractivity contribution in [3.05, 3.63) is 34.9 Å². The van der Waals surface area contributed by atoms with E-state index in [2.05, 4.69) is 26.0 Å². The fourth-order valence-corrected chi connectivity index (χ4v) is 8.16. The van der Waals surface area contributed by atoms with Crippen molar-refractivity contribution in [2.45, 2.75) is 85.2 Å². The molecule has 0 N–H and O–H groups in total. The number of fused-ring (bicyclic) bond motifs is 5. The van der Waals surface area contributed by atoms with Crippen LogP contribution >= 0.6 is 0 Å². The summed E-state index contributed by atoms with van der Waals surface area (Å²) in [4.78, 5) is 24.8. The zero-order valence-corrected chi connectivity index (χ0v) is 19.2. The first-order chi connectivity index (χ1) is 14.1. The second-order valence-corrected chi connectivity index (χ2v) is 11.7. The number of ether oxygens (including phenoxy) is 1. The Morgan fingerprint density at radius 2 is 1.83 bits per heavy atom. The highest BCUT2D eigenvalue weighted by molar-refractivity contribution is 5.96. The van der Waals surface area contributed by atoms with E-state index in [1.54, 1.807) is 0 Å². The largest absolute Gasteiger partial charge is 0.452 e. The number of esters is 1. The SMILES string of the molecule is CC(=O)C1CC[C@H]2[C@@H]3CC=C4C=C(C5=CC(C)(C)OC5=O)CC[C@]4(C)[C@H]3CC[C@]12C. The molecule has 0 saturated heterocycles. The van der Waals surface area contributed by atoms with Gasteiger partial charge < -0.3 is 4.74 Å². The highest BCUT2D eigenvalue weighted by Gasteiger charge is 2.59. The molecule has 30 heavy (non-hydrogen) atoms. The van der Waals surface area contributed by atoms with Gasteiger partial charge in [-0.3, -0.25) is 4.79 Å². The van der Waals surface area contributed by atoms with Gasteiger partial charge in [0.1, 0.15) is 11.4 Å². The molecule has 0 amide bonds. The van der Waals surface area contributed by atoms with Crippen LogP contribution in [0.5, 0.6) is 0 Å².